The molecule has 1 fully saturated rings. The van der Waals surface area contributed by atoms with Gasteiger partial charge in [-0.3, -0.25) is 13.9 Å². The van der Waals surface area contributed by atoms with Crippen LogP contribution < -0.4 is 0 Å². The Bertz CT molecular complexity index is 135. The minimum Gasteiger partial charge on any atom is -0.299 e. The average Bonchev–Trinajstić information content (AvgIpc) is 2.13. The van der Waals surface area contributed by atoms with Crippen molar-refractivity contribution >= 4 is 16.9 Å². The molecule has 10 heavy (non-hydrogen) atoms. The van der Waals surface area contributed by atoms with E-state index in [-0.39, 0.29) is 11.7 Å². The lowest BCUT2D eigenvalue weighted by Crippen LogP contribution is -2.12. The first-order chi connectivity index (χ1) is 4.67. The summed E-state index contributed by atoms with van der Waals surface area (Å²) in [6.07, 6.45) is 3.49. The van der Waals surface area contributed by atoms with Crippen molar-refractivity contribution in [2.45, 2.75) is 24.5 Å². The lowest BCUT2D eigenvalue weighted by molar-refractivity contribution is 0.479. The Morgan fingerprint density at radius 3 is 2.70 bits per heavy atom. The first-order valence-corrected chi connectivity index (χ1v) is 5.04. The maximum absolute atomic E-state index is 9.91. The molecule has 0 aliphatic carbocycles. The summed E-state index contributed by atoms with van der Waals surface area (Å²) in [7, 11) is -2.41. The zero-order valence-corrected chi connectivity index (χ0v) is 6.43. The topological polar surface area (TPSA) is 57.5 Å². The third-order valence-electron chi connectivity index (χ3n) is 1.82. The second-order valence-corrected chi connectivity index (χ2v) is 5.04. The second kappa shape index (κ2) is 2.90. The molecule has 0 spiro atoms. The summed E-state index contributed by atoms with van der Waals surface area (Å²) < 4.78 is 18.5. The van der Waals surface area contributed by atoms with Crippen LogP contribution in [0, 0.1) is 0 Å². The summed E-state index contributed by atoms with van der Waals surface area (Å²) in [5.74, 6) is 0.472. The van der Waals surface area contributed by atoms with Gasteiger partial charge in [-0.05, 0) is 12.8 Å². The summed E-state index contributed by atoms with van der Waals surface area (Å²) in [6, 6.07) is 0. The van der Waals surface area contributed by atoms with Crippen LogP contribution in [0.15, 0.2) is 0 Å². The monoisotopic (exact) mass is 163 g/mol. The molecule has 0 bridgehead atoms. The highest BCUT2D eigenvalue weighted by Crippen LogP contribution is 2.53. The first-order valence-electron chi connectivity index (χ1n) is 3.26. The van der Waals surface area contributed by atoms with Crippen molar-refractivity contribution < 1.29 is 13.9 Å². The molecule has 1 radical (unpaired) electrons. The molecule has 59 valence electrons. The van der Waals surface area contributed by atoms with Crippen LogP contribution in [0.3, 0.4) is 0 Å². The zero-order valence-electron chi connectivity index (χ0n) is 5.62. The van der Waals surface area contributed by atoms with E-state index in [1.807, 2.05) is 0 Å². The molecule has 2 N–H and O–H groups in total. The standard InChI is InChI=1S/C6H11O3S/c7-4-3-6-2-1-5-10(6,8)9/h6,8-9H,1-3,5H2. The fraction of sp³-hybridized carbons (Fsp3) is 0.833. The largest absolute Gasteiger partial charge is 0.299 e. The maximum atomic E-state index is 9.91. The lowest BCUT2D eigenvalue weighted by Gasteiger charge is -2.32. The molecule has 1 atom stereocenters. The second-order valence-electron chi connectivity index (χ2n) is 2.53. The first kappa shape index (κ1) is 8.04. The van der Waals surface area contributed by atoms with Gasteiger partial charge in [-0.2, -0.15) is 10.6 Å². The number of rotatable bonds is 2. The molecule has 1 heterocycles. The van der Waals surface area contributed by atoms with Crippen LogP contribution in [-0.4, -0.2) is 26.4 Å². The third kappa shape index (κ3) is 1.51. The highest BCUT2D eigenvalue weighted by molar-refractivity contribution is 8.25. The molecule has 1 aliphatic rings. The molecular formula is C6H11O3S. The normalized spacial score (nSPS) is 33.6. The maximum Gasteiger partial charge on any atom is 0.200 e. The van der Waals surface area contributed by atoms with Crippen molar-refractivity contribution in [1.29, 1.82) is 0 Å². The molecule has 0 saturated carbocycles. The fourth-order valence-corrected chi connectivity index (χ4v) is 3.01. The Morgan fingerprint density at radius 2 is 2.30 bits per heavy atom. The van der Waals surface area contributed by atoms with E-state index in [1.165, 1.54) is 0 Å². The number of carbonyl (C=O) groups excluding carboxylic acids is 1. The van der Waals surface area contributed by atoms with E-state index in [4.69, 9.17) is 0 Å². The molecule has 0 amide bonds. The van der Waals surface area contributed by atoms with Gasteiger partial charge in [0.1, 0.15) is 0 Å². The van der Waals surface area contributed by atoms with Crippen LogP contribution in [0.2, 0.25) is 0 Å². The quantitative estimate of drug-likeness (QED) is 0.647. The Hall–Kier alpha value is -0.0600. The van der Waals surface area contributed by atoms with E-state index in [9.17, 15) is 13.9 Å². The third-order valence-corrected chi connectivity index (χ3v) is 4.18. The van der Waals surface area contributed by atoms with Crippen LogP contribution in [-0.2, 0) is 4.79 Å². The molecule has 3 nitrogen and oxygen atoms in total. The van der Waals surface area contributed by atoms with E-state index < -0.39 is 10.6 Å². The zero-order chi connectivity index (χ0) is 7.61. The van der Waals surface area contributed by atoms with Crippen LogP contribution in [0.1, 0.15) is 19.3 Å². The highest BCUT2D eigenvalue weighted by atomic mass is 32.3. The van der Waals surface area contributed by atoms with Crippen LogP contribution in [0.5, 0.6) is 0 Å². The van der Waals surface area contributed by atoms with Crippen molar-refractivity contribution in [2.24, 2.45) is 0 Å². The van der Waals surface area contributed by atoms with Crippen molar-refractivity contribution in [1.82, 2.24) is 0 Å². The van der Waals surface area contributed by atoms with Gasteiger partial charge in [0.05, 0.1) is 5.25 Å². The van der Waals surface area contributed by atoms with Crippen molar-refractivity contribution in [3.05, 3.63) is 0 Å². The fourth-order valence-electron chi connectivity index (χ4n) is 1.21. The Balaban J connectivity index is 2.50. The van der Waals surface area contributed by atoms with Crippen LogP contribution >= 0.6 is 10.6 Å². The smallest absolute Gasteiger partial charge is 0.200 e. The van der Waals surface area contributed by atoms with Gasteiger partial charge in [-0.15, -0.1) is 0 Å². The molecule has 4 heteroatoms. The molecule has 1 rings (SSSR count). The van der Waals surface area contributed by atoms with Crippen LogP contribution in [0.4, 0.5) is 0 Å². The highest BCUT2D eigenvalue weighted by Gasteiger charge is 2.30. The lowest BCUT2D eigenvalue weighted by atomic mass is 10.2. The summed E-state index contributed by atoms with van der Waals surface area (Å²) in [6.45, 7) is 0. The Kier molecular flexibility index (Phi) is 2.33. The molecule has 1 saturated heterocycles. The Morgan fingerprint density at radius 1 is 1.60 bits per heavy atom. The molecule has 1 unspecified atom stereocenters. The van der Waals surface area contributed by atoms with Gasteiger partial charge in [0, 0.05) is 12.2 Å². The van der Waals surface area contributed by atoms with Gasteiger partial charge in [0.25, 0.3) is 0 Å². The van der Waals surface area contributed by atoms with E-state index in [0.29, 0.717) is 5.75 Å². The van der Waals surface area contributed by atoms with Crippen LogP contribution in [0.25, 0.3) is 0 Å². The number of hydrogen-bond donors (Lipinski definition) is 2. The minimum absolute atomic E-state index is 0.183. The van der Waals surface area contributed by atoms with Gasteiger partial charge in [0.2, 0.25) is 0 Å². The predicted octanol–water partition coefficient (Wildman–Crippen LogP) is 1.40. The van der Waals surface area contributed by atoms with E-state index in [1.54, 1.807) is 6.29 Å². The number of hydrogen-bond acceptors (Lipinski definition) is 3. The van der Waals surface area contributed by atoms with Gasteiger partial charge in [-0.1, -0.05) is 0 Å². The predicted molar refractivity (Wildman–Crippen MR) is 41.0 cm³/mol. The van der Waals surface area contributed by atoms with Crippen molar-refractivity contribution in [2.75, 3.05) is 5.75 Å². The summed E-state index contributed by atoms with van der Waals surface area (Å²) >= 11 is 0. The van der Waals surface area contributed by atoms with Gasteiger partial charge in [0.15, 0.2) is 6.29 Å². The molecule has 0 aromatic heterocycles. The van der Waals surface area contributed by atoms with Gasteiger partial charge < -0.3 is 0 Å². The average molecular weight is 163 g/mol. The molecular weight excluding hydrogens is 152 g/mol. The SMILES string of the molecule is O=[C]CC1CCCS1(O)O. The molecule has 1 aliphatic heterocycles. The molecule has 0 aromatic rings. The molecule has 0 aromatic carbocycles. The van der Waals surface area contributed by atoms with Gasteiger partial charge in [-0.25, -0.2) is 0 Å². The van der Waals surface area contributed by atoms with E-state index >= 15 is 0 Å². The summed E-state index contributed by atoms with van der Waals surface area (Å²) in [5.41, 5.74) is 0. The van der Waals surface area contributed by atoms with E-state index in [0.717, 1.165) is 12.8 Å². The van der Waals surface area contributed by atoms with Crippen molar-refractivity contribution in [3.63, 3.8) is 0 Å². The minimum atomic E-state index is -2.41. The van der Waals surface area contributed by atoms with Crippen molar-refractivity contribution in [3.8, 4) is 0 Å². The summed E-state index contributed by atoms with van der Waals surface area (Å²) in [4.78, 5) is 9.91. The Labute approximate surface area is 61.8 Å². The van der Waals surface area contributed by atoms with E-state index in [2.05, 4.69) is 0 Å². The summed E-state index contributed by atoms with van der Waals surface area (Å²) in [5, 5.41) is -0.204. The van der Waals surface area contributed by atoms with Gasteiger partial charge >= 0.3 is 0 Å².